The molecule has 0 amide bonds. The third-order valence-electron chi connectivity index (χ3n) is 4.85. The second-order valence-corrected chi connectivity index (χ2v) is 6.80. The summed E-state index contributed by atoms with van der Waals surface area (Å²) in [4.78, 5) is 28.2. The molecule has 3 heterocycles. The summed E-state index contributed by atoms with van der Waals surface area (Å²) >= 11 is 0. The van der Waals surface area contributed by atoms with Crippen LogP contribution in [0.2, 0.25) is 0 Å². The first kappa shape index (κ1) is 18.6. The summed E-state index contributed by atoms with van der Waals surface area (Å²) in [6.07, 6.45) is 3.00. The Labute approximate surface area is 168 Å². The van der Waals surface area contributed by atoms with Gasteiger partial charge in [-0.15, -0.1) is 0 Å². The predicted molar refractivity (Wildman–Crippen MR) is 112 cm³/mol. The molecule has 1 fully saturated rings. The van der Waals surface area contributed by atoms with E-state index >= 15 is 0 Å². The summed E-state index contributed by atoms with van der Waals surface area (Å²) < 4.78 is 0. The minimum atomic E-state index is -0.433. The Morgan fingerprint density at radius 3 is 2.41 bits per heavy atom. The monoisotopic (exact) mass is 391 g/mol. The highest BCUT2D eigenvalue weighted by Crippen LogP contribution is 2.34. The summed E-state index contributed by atoms with van der Waals surface area (Å²) in [7, 11) is 0. The Balaban J connectivity index is 1.57. The molecule has 0 bridgehead atoms. The van der Waals surface area contributed by atoms with Crippen molar-refractivity contribution in [3.63, 3.8) is 0 Å². The molecule has 2 aromatic heterocycles. The second kappa shape index (κ2) is 8.09. The zero-order valence-electron chi connectivity index (χ0n) is 16.0. The van der Waals surface area contributed by atoms with Gasteiger partial charge in [-0.2, -0.15) is 0 Å². The Bertz CT molecular complexity index is 1000. The minimum absolute atomic E-state index is 0.135. The molecule has 0 unspecified atom stereocenters. The van der Waals surface area contributed by atoms with E-state index in [4.69, 9.17) is 0 Å². The number of benzene rings is 1. The molecule has 0 radical (unpaired) electrons. The SMILES string of the molecule is Cc1ccnc(Nc2ncnc(N3CCN(c4ccccc4)CC3)c2[N+](=O)[O-])c1. The summed E-state index contributed by atoms with van der Waals surface area (Å²) in [6, 6.07) is 13.8. The maximum absolute atomic E-state index is 11.9. The van der Waals surface area contributed by atoms with Crippen LogP contribution in [-0.4, -0.2) is 46.1 Å². The molecule has 148 valence electrons. The molecule has 4 rings (SSSR count). The van der Waals surface area contributed by atoms with Crippen LogP contribution >= 0.6 is 0 Å². The van der Waals surface area contributed by atoms with Gasteiger partial charge in [-0.05, 0) is 36.8 Å². The average Bonchev–Trinajstić information content (AvgIpc) is 2.74. The second-order valence-electron chi connectivity index (χ2n) is 6.80. The molecule has 0 spiro atoms. The van der Waals surface area contributed by atoms with Gasteiger partial charge in [0.15, 0.2) is 0 Å². The van der Waals surface area contributed by atoms with Crippen molar-refractivity contribution in [3.8, 4) is 0 Å². The van der Waals surface area contributed by atoms with Crippen LogP contribution in [0.5, 0.6) is 0 Å². The van der Waals surface area contributed by atoms with Crippen LogP contribution in [0.4, 0.5) is 28.8 Å². The lowest BCUT2D eigenvalue weighted by atomic mass is 10.2. The van der Waals surface area contributed by atoms with E-state index in [1.807, 2.05) is 42.2 Å². The Kier molecular flexibility index (Phi) is 5.19. The normalized spacial score (nSPS) is 14.0. The van der Waals surface area contributed by atoms with Crippen LogP contribution in [0.3, 0.4) is 0 Å². The fourth-order valence-corrected chi connectivity index (χ4v) is 3.40. The fraction of sp³-hybridized carbons (Fsp3) is 0.250. The molecule has 0 saturated carbocycles. The summed E-state index contributed by atoms with van der Waals surface area (Å²) in [5.41, 5.74) is 2.01. The number of hydrogen-bond donors (Lipinski definition) is 1. The van der Waals surface area contributed by atoms with E-state index in [1.165, 1.54) is 6.33 Å². The lowest BCUT2D eigenvalue weighted by Crippen LogP contribution is -2.47. The van der Waals surface area contributed by atoms with E-state index in [9.17, 15) is 10.1 Å². The highest BCUT2D eigenvalue weighted by molar-refractivity contribution is 5.74. The zero-order valence-corrected chi connectivity index (χ0v) is 16.0. The first-order chi connectivity index (χ1) is 14.1. The number of nitro groups is 1. The number of piperazine rings is 1. The summed E-state index contributed by atoms with van der Waals surface area (Å²) in [5, 5.41) is 14.8. The van der Waals surface area contributed by atoms with Gasteiger partial charge in [-0.1, -0.05) is 18.2 Å². The van der Waals surface area contributed by atoms with Gasteiger partial charge in [0.25, 0.3) is 0 Å². The van der Waals surface area contributed by atoms with Crippen molar-refractivity contribution >= 4 is 28.8 Å². The average molecular weight is 391 g/mol. The number of anilines is 4. The van der Waals surface area contributed by atoms with Gasteiger partial charge in [-0.25, -0.2) is 15.0 Å². The Hall–Kier alpha value is -3.75. The predicted octanol–water partition coefficient (Wildman–Crippen LogP) is 3.16. The number of nitrogens with zero attached hydrogens (tertiary/aromatic N) is 6. The molecule has 1 N–H and O–H groups in total. The molecule has 0 aliphatic carbocycles. The van der Waals surface area contributed by atoms with Gasteiger partial charge in [0.2, 0.25) is 11.6 Å². The van der Waals surface area contributed by atoms with E-state index < -0.39 is 4.92 Å². The number of rotatable bonds is 5. The Morgan fingerprint density at radius 2 is 1.72 bits per heavy atom. The van der Waals surface area contributed by atoms with Gasteiger partial charge in [0.1, 0.15) is 12.1 Å². The molecule has 29 heavy (non-hydrogen) atoms. The molecule has 3 aromatic rings. The van der Waals surface area contributed by atoms with Crippen molar-refractivity contribution in [2.45, 2.75) is 6.92 Å². The Morgan fingerprint density at radius 1 is 1.00 bits per heavy atom. The summed E-state index contributed by atoms with van der Waals surface area (Å²) in [6.45, 7) is 4.71. The molecule has 0 atom stereocenters. The molecular formula is C20H21N7O2. The largest absolute Gasteiger partial charge is 0.368 e. The van der Waals surface area contributed by atoms with Gasteiger partial charge < -0.3 is 15.1 Å². The van der Waals surface area contributed by atoms with Crippen LogP contribution in [0.15, 0.2) is 55.0 Å². The highest BCUT2D eigenvalue weighted by atomic mass is 16.6. The lowest BCUT2D eigenvalue weighted by Gasteiger charge is -2.36. The van der Waals surface area contributed by atoms with Gasteiger partial charge in [0.05, 0.1) is 4.92 Å². The van der Waals surface area contributed by atoms with E-state index in [0.717, 1.165) is 24.3 Å². The van der Waals surface area contributed by atoms with Crippen molar-refractivity contribution in [1.29, 1.82) is 0 Å². The van der Waals surface area contributed by atoms with Crippen LogP contribution < -0.4 is 15.1 Å². The molecule has 1 aliphatic rings. The van der Waals surface area contributed by atoms with Crippen molar-refractivity contribution in [1.82, 2.24) is 15.0 Å². The maximum atomic E-state index is 11.9. The number of para-hydroxylation sites is 1. The highest BCUT2D eigenvalue weighted by Gasteiger charge is 2.29. The number of aryl methyl sites for hydroxylation is 1. The van der Waals surface area contributed by atoms with E-state index in [-0.39, 0.29) is 11.5 Å². The van der Waals surface area contributed by atoms with E-state index in [2.05, 4.69) is 37.3 Å². The third kappa shape index (κ3) is 4.08. The van der Waals surface area contributed by atoms with Crippen molar-refractivity contribution in [2.24, 2.45) is 0 Å². The third-order valence-corrected chi connectivity index (χ3v) is 4.85. The van der Waals surface area contributed by atoms with Crippen LogP contribution in [0.25, 0.3) is 0 Å². The molecule has 1 aliphatic heterocycles. The van der Waals surface area contributed by atoms with Gasteiger partial charge >= 0.3 is 5.69 Å². The molecule has 9 nitrogen and oxygen atoms in total. The zero-order chi connectivity index (χ0) is 20.2. The van der Waals surface area contributed by atoms with Gasteiger partial charge in [-0.3, -0.25) is 10.1 Å². The van der Waals surface area contributed by atoms with Crippen LogP contribution in [0, 0.1) is 17.0 Å². The number of pyridine rings is 1. The minimum Gasteiger partial charge on any atom is -0.368 e. The summed E-state index contributed by atoms with van der Waals surface area (Å²) in [5.74, 6) is 0.975. The standard InChI is InChI=1S/C20H21N7O2/c1-15-7-8-21-17(13-15)24-19-18(27(28)29)20(23-14-22-19)26-11-9-25(10-12-26)16-5-3-2-4-6-16/h2-8,13-14H,9-12H2,1H3,(H,21,22,23,24). The van der Waals surface area contributed by atoms with Crippen molar-refractivity contribution in [3.05, 3.63) is 70.7 Å². The molecule has 1 aromatic carbocycles. The van der Waals surface area contributed by atoms with Crippen molar-refractivity contribution in [2.75, 3.05) is 41.3 Å². The van der Waals surface area contributed by atoms with Crippen LogP contribution in [-0.2, 0) is 0 Å². The smallest absolute Gasteiger partial charge is 0.353 e. The first-order valence-electron chi connectivity index (χ1n) is 9.36. The van der Waals surface area contributed by atoms with Crippen LogP contribution in [0.1, 0.15) is 5.56 Å². The first-order valence-corrected chi connectivity index (χ1v) is 9.36. The lowest BCUT2D eigenvalue weighted by molar-refractivity contribution is -0.383. The van der Waals surface area contributed by atoms with Crippen molar-refractivity contribution < 1.29 is 4.92 Å². The quantitative estimate of drug-likeness (QED) is 0.523. The van der Waals surface area contributed by atoms with E-state index in [1.54, 1.807) is 6.20 Å². The maximum Gasteiger partial charge on any atom is 0.353 e. The molecule has 9 heteroatoms. The molecular weight excluding hydrogens is 370 g/mol. The molecule has 1 saturated heterocycles. The number of hydrogen-bond acceptors (Lipinski definition) is 8. The van der Waals surface area contributed by atoms with Gasteiger partial charge in [0, 0.05) is 38.1 Å². The fourth-order valence-electron chi connectivity index (χ4n) is 3.40. The number of aromatic nitrogens is 3. The number of nitrogens with one attached hydrogen (secondary N) is 1. The van der Waals surface area contributed by atoms with E-state index in [0.29, 0.717) is 24.7 Å². The topological polar surface area (TPSA) is 100 Å².